The van der Waals surface area contributed by atoms with Crippen molar-refractivity contribution in [2.24, 2.45) is 0 Å². The number of carbonyl (C=O) groups excluding carboxylic acids is 1. The third-order valence-electron chi connectivity index (χ3n) is 5.07. The van der Waals surface area contributed by atoms with Crippen LogP contribution in [0.5, 0.6) is 11.5 Å². The highest BCUT2D eigenvalue weighted by atomic mass is 35.5. The van der Waals surface area contributed by atoms with Gasteiger partial charge in [-0.05, 0) is 48.4 Å². The molecule has 3 heterocycles. The minimum absolute atomic E-state index is 0.177. The maximum Gasteiger partial charge on any atom is 0.276 e. The molecule has 3 aromatic rings. The topological polar surface area (TPSA) is 74.6 Å². The van der Waals surface area contributed by atoms with E-state index in [1.807, 2.05) is 41.9 Å². The highest BCUT2D eigenvalue weighted by Gasteiger charge is 2.26. The van der Waals surface area contributed by atoms with Crippen molar-refractivity contribution in [2.45, 2.75) is 26.2 Å². The number of aromatic nitrogens is 2. The lowest BCUT2D eigenvalue weighted by Gasteiger charge is -2.24. The first-order valence-electron chi connectivity index (χ1n) is 9.22. The minimum Gasteiger partial charge on any atom is -0.454 e. The van der Waals surface area contributed by atoms with Gasteiger partial charge in [0, 0.05) is 10.7 Å². The zero-order chi connectivity index (χ0) is 20.0. The third-order valence-corrected chi connectivity index (χ3v) is 5.47. The van der Waals surface area contributed by atoms with Crippen LogP contribution in [0.1, 0.15) is 33.4 Å². The number of ether oxygens (including phenoxy) is 3. The number of nitrogens with one attached hydrogen (secondary N) is 1. The van der Waals surface area contributed by atoms with Gasteiger partial charge in [-0.1, -0.05) is 23.7 Å². The molecule has 8 heteroatoms. The molecule has 1 amide bonds. The SMILES string of the molecule is Cc1ccc(NC(=O)c2cc3n(n2)C[C@@H](c2ccc4c(c2)OCO4)OC3)cc1Cl. The van der Waals surface area contributed by atoms with Gasteiger partial charge in [-0.15, -0.1) is 0 Å². The molecule has 2 aromatic carbocycles. The molecule has 2 aliphatic rings. The van der Waals surface area contributed by atoms with E-state index in [2.05, 4.69) is 10.4 Å². The van der Waals surface area contributed by atoms with Crippen LogP contribution in [0, 0.1) is 6.92 Å². The van der Waals surface area contributed by atoms with Crippen molar-refractivity contribution in [2.75, 3.05) is 12.1 Å². The molecule has 0 aliphatic carbocycles. The summed E-state index contributed by atoms with van der Waals surface area (Å²) in [5.74, 6) is 1.17. The number of benzene rings is 2. The molecular formula is C21H18ClN3O4. The Kier molecular flexibility index (Phi) is 4.41. The van der Waals surface area contributed by atoms with Crippen LogP contribution in [0.25, 0.3) is 0 Å². The number of fused-ring (bicyclic) bond motifs is 2. The lowest BCUT2D eigenvalue weighted by Crippen LogP contribution is -2.22. The van der Waals surface area contributed by atoms with E-state index in [0.717, 1.165) is 22.6 Å². The highest BCUT2D eigenvalue weighted by Crippen LogP contribution is 2.36. The normalized spacial score (nSPS) is 17.1. The van der Waals surface area contributed by atoms with Crippen LogP contribution in [0.4, 0.5) is 5.69 Å². The van der Waals surface area contributed by atoms with E-state index >= 15 is 0 Å². The van der Waals surface area contributed by atoms with Gasteiger partial charge in [0.2, 0.25) is 6.79 Å². The van der Waals surface area contributed by atoms with Crippen molar-refractivity contribution < 1.29 is 19.0 Å². The molecule has 0 spiro atoms. The monoisotopic (exact) mass is 411 g/mol. The first kappa shape index (κ1) is 18.0. The molecule has 1 atom stereocenters. The Labute approximate surface area is 172 Å². The quantitative estimate of drug-likeness (QED) is 0.702. The van der Waals surface area contributed by atoms with Gasteiger partial charge in [0.1, 0.15) is 6.10 Å². The molecule has 1 aromatic heterocycles. The molecule has 2 aliphatic heterocycles. The Bertz CT molecular complexity index is 1110. The molecule has 0 bridgehead atoms. The molecule has 0 saturated heterocycles. The van der Waals surface area contributed by atoms with Crippen molar-refractivity contribution in [1.82, 2.24) is 9.78 Å². The van der Waals surface area contributed by atoms with Gasteiger partial charge in [0.05, 0.1) is 18.8 Å². The fraction of sp³-hybridized carbons (Fsp3) is 0.238. The number of rotatable bonds is 3. The van der Waals surface area contributed by atoms with E-state index in [1.54, 1.807) is 12.1 Å². The molecule has 148 valence electrons. The zero-order valence-electron chi connectivity index (χ0n) is 15.6. The summed E-state index contributed by atoms with van der Waals surface area (Å²) in [6.07, 6.45) is -0.177. The summed E-state index contributed by atoms with van der Waals surface area (Å²) in [6.45, 7) is 3.03. The standard InChI is InChI=1S/C21H18ClN3O4/c1-12-2-4-14(7-16(12)22)23-21(26)17-8-15-10-27-20(9-25(15)24-17)13-3-5-18-19(6-13)29-11-28-18/h2-8,20H,9-11H2,1H3,(H,23,26)/t20-/m0/s1. The summed E-state index contributed by atoms with van der Waals surface area (Å²) in [7, 11) is 0. The Hall–Kier alpha value is -3.03. The number of hydrogen-bond donors (Lipinski definition) is 1. The average molecular weight is 412 g/mol. The van der Waals surface area contributed by atoms with Crippen LogP contribution in [0.15, 0.2) is 42.5 Å². The molecule has 0 radical (unpaired) electrons. The maximum absolute atomic E-state index is 12.6. The number of nitrogens with zero attached hydrogens (tertiary/aromatic N) is 2. The lowest BCUT2D eigenvalue weighted by molar-refractivity contribution is -0.00127. The van der Waals surface area contributed by atoms with Crippen LogP contribution >= 0.6 is 11.6 Å². The largest absolute Gasteiger partial charge is 0.454 e. The van der Waals surface area contributed by atoms with Crippen LogP contribution < -0.4 is 14.8 Å². The van der Waals surface area contributed by atoms with Gasteiger partial charge in [-0.25, -0.2) is 0 Å². The van der Waals surface area contributed by atoms with Crippen molar-refractivity contribution in [1.29, 1.82) is 0 Å². The van der Waals surface area contributed by atoms with Crippen LogP contribution in [0.2, 0.25) is 5.02 Å². The average Bonchev–Trinajstić information content (AvgIpc) is 3.36. The third kappa shape index (κ3) is 3.43. The van der Waals surface area contributed by atoms with Crippen molar-refractivity contribution in [3.63, 3.8) is 0 Å². The Morgan fingerprint density at radius 2 is 2.03 bits per heavy atom. The predicted molar refractivity (Wildman–Crippen MR) is 106 cm³/mol. The fourth-order valence-electron chi connectivity index (χ4n) is 3.42. The summed E-state index contributed by atoms with van der Waals surface area (Å²) >= 11 is 6.13. The predicted octanol–water partition coefficient (Wildman–Crippen LogP) is 4.10. The Balaban J connectivity index is 1.32. The summed E-state index contributed by atoms with van der Waals surface area (Å²) in [5, 5.41) is 7.91. The van der Waals surface area contributed by atoms with Crippen LogP contribution in [0.3, 0.4) is 0 Å². The zero-order valence-corrected chi connectivity index (χ0v) is 16.4. The van der Waals surface area contributed by atoms with Gasteiger partial charge in [-0.2, -0.15) is 5.10 Å². The molecule has 0 fully saturated rings. The lowest BCUT2D eigenvalue weighted by atomic mass is 10.1. The van der Waals surface area contributed by atoms with E-state index in [1.165, 1.54) is 0 Å². The Morgan fingerprint density at radius 3 is 2.90 bits per heavy atom. The van der Waals surface area contributed by atoms with E-state index in [0.29, 0.717) is 35.3 Å². The van der Waals surface area contributed by atoms with E-state index in [4.69, 9.17) is 25.8 Å². The van der Waals surface area contributed by atoms with Gasteiger partial charge in [0.15, 0.2) is 17.2 Å². The van der Waals surface area contributed by atoms with Crippen molar-refractivity contribution >= 4 is 23.2 Å². The maximum atomic E-state index is 12.6. The first-order chi connectivity index (χ1) is 14.1. The molecule has 29 heavy (non-hydrogen) atoms. The Morgan fingerprint density at radius 1 is 1.17 bits per heavy atom. The van der Waals surface area contributed by atoms with Crippen LogP contribution in [-0.4, -0.2) is 22.5 Å². The number of aryl methyl sites for hydroxylation is 1. The molecule has 0 saturated carbocycles. The second kappa shape index (κ2) is 7.09. The molecule has 5 rings (SSSR count). The van der Waals surface area contributed by atoms with Gasteiger partial charge in [0.25, 0.3) is 5.91 Å². The number of carbonyl (C=O) groups is 1. The highest BCUT2D eigenvalue weighted by molar-refractivity contribution is 6.31. The number of anilines is 1. The summed E-state index contributed by atoms with van der Waals surface area (Å²) in [4.78, 5) is 12.6. The second-order valence-corrected chi connectivity index (χ2v) is 7.44. The van der Waals surface area contributed by atoms with Gasteiger partial charge in [-0.3, -0.25) is 9.48 Å². The number of halogens is 1. The summed E-state index contributed by atoms with van der Waals surface area (Å²) in [5.41, 5.74) is 3.76. The van der Waals surface area contributed by atoms with Crippen molar-refractivity contribution in [3.8, 4) is 11.5 Å². The summed E-state index contributed by atoms with van der Waals surface area (Å²) in [6, 6.07) is 12.9. The molecule has 1 N–H and O–H groups in total. The minimum atomic E-state index is -0.286. The molecule has 7 nitrogen and oxygen atoms in total. The van der Waals surface area contributed by atoms with E-state index < -0.39 is 0 Å². The second-order valence-electron chi connectivity index (χ2n) is 7.03. The fourth-order valence-corrected chi connectivity index (χ4v) is 3.60. The molecule has 0 unspecified atom stereocenters. The van der Waals surface area contributed by atoms with Gasteiger partial charge < -0.3 is 19.5 Å². The first-order valence-corrected chi connectivity index (χ1v) is 9.60. The van der Waals surface area contributed by atoms with Crippen molar-refractivity contribution in [3.05, 3.63) is 70.0 Å². The molecular weight excluding hydrogens is 394 g/mol. The van der Waals surface area contributed by atoms with Crippen LogP contribution in [-0.2, 0) is 17.9 Å². The number of amides is 1. The number of hydrogen-bond acceptors (Lipinski definition) is 5. The van der Waals surface area contributed by atoms with Gasteiger partial charge >= 0.3 is 0 Å². The van der Waals surface area contributed by atoms with E-state index in [-0.39, 0.29) is 18.8 Å². The summed E-state index contributed by atoms with van der Waals surface area (Å²) < 4.78 is 18.6. The smallest absolute Gasteiger partial charge is 0.276 e. The van der Waals surface area contributed by atoms with E-state index in [9.17, 15) is 4.79 Å².